The van der Waals surface area contributed by atoms with Gasteiger partial charge >= 0.3 is 0 Å². The molecule has 0 spiro atoms. The first kappa shape index (κ1) is 21.6. The van der Waals surface area contributed by atoms with Crippen LogP contribution < -0.4 is 20.8 Å². The highest BCUT2D eigenvalue weighted by atomic mass is 16.1. The summed E-state index contributed by atoms with van der Waals surface area (Å²) in [5, 5.41) is 5.48. The van der Waals surface area contributed by atoms with E-state index in [1.807, 2.05) is 6.07 Å². The number of anilines is 1. The van der Waals surface area contributed by atoms with Crippen molar-refractivity contribution in [2.24, 2.45) is 5.41 Å². The number of fused-ring (bicyclic) bond motifs is 2. The van der Waals surface area contributed by atoms with E-state index >= 15 is 0 Å². The van der Waals surface area contributed by atoms with E-state index in [-0.39, 0.29) is 16.7 Å². The van der Waals surface area contributed by atoms with Crippen molar-refractivity contribution in [2.75, 3.05) is 24.5 Å². The van der Waals surface area contributed by atoms with Crippen LogP contribution in [-0.4, -0.2) is 30.5 Å². The zero-order chi connectivity index (χ0) is 23.5. The van der Waals surface area contributed by atoms with Crippen molar-refractivity contribution in [1.29, 1.82) is 0 Å². The van der Waals surface area contributed by atoms with Crippen molar-refractivity contribution < 1.29 is 4.79 Å². The maximum absolute atomic E-state index is 13.2. The summed E-state index contributed by atoms with van der Waals surface area (Å²) in [5.74, 6) is 1.09. The first-order valence-corrected chi connectivity index (χ1v) is 12.7. The number of carbonyl (C=O) groups excluding carboxylic acids is 1. The van der Waals surface area contributed by atoms with Gasteiger partial charge in [0.25, 0.3) is 5.91 Å². The van der Waals surface area contributed by atoms with E-state index in [2.05, 4.69) is 73.8 Å². The van der Waals surface area contributed by atoms with E-state index in [0.29, 0.717) is 6.54 Å². The Morgan fingerprint density at radius 3 is 2.74 bits per heavy atom. The minimum absolute atomic E-state index is 0.0130. The third kappa shape index (κ3) is 3.97. The fraction of sp³-hybridized carbons (Fsp3) is 0.433. The molecule has 1 radical (unpaired) electrons. The molecule has 4 heteroatoms. The number of pyridine rings is 1. The zero-order valence-corrected chi connectivity index (χ0v) is 20.6. The van der Waals surface area contributed by atoms with E-state index in [0.717, 1.165) is 49.1 Å². The molecule has 34 heavy (non-hydrogen) atoms. The average molecular weight is 453 g/mol. The number of carbonyl (C=O) groups is 1. The van der Waals surface area contributed by atoms with Gasteiger partial charge in [-0.15, -0.1) is 0 Å². The van der Waals surface area contributed by atoms with Gasteiger partial charge < -0.3 is 10.2 Å². The van der Waals surface area contributed by atoms with Crippen molar-refractivity contribution in [1.82, 2.24) is 10.3 Å². The quantitative estimate of drug-likeness (QED) is 0.767. The first-order valence-electron chi connectivity index (χ1n) is 12.7. The summed E-state index contributed by atoms with van der Waals surface area (Å²) in [6.45, 7) is 9.60. The molecule has 0 bridgehead atoms. The molecule has 1 aromatic carbocycles. The molecule has 1 N–H and O–H groups in total. The van der Waals surface area contributed by atoms with Crippen molar-refractivity contribution in [3.63, 3.8) is 0 Å². The lowest BCUT2D eigenvalue weighted by atomic mass is 9.77. The molecule has 3 aliphatic carbocycles. The number of nitrogens with one attached hydrogen (secondary N) is 1. The van der Waals surface area contributed by atoms with Crippen LogP contribution in [0.25, 0.3) is 12.2 Å². The molecule has 4 aliphatic rings. The van der Waals surface area contributed by atoms with Crippen molar-refractivity contribution in [3.05, 3.63) is 75.2 Å². The predicted octanol–water partition coefficient (Wildman–Crippen LogP) is 3.82. The zero-order valence-electron chi connectivity index (χ0n) is 20.6. The Morgan fingerprint density at radius 2 is 1.91 bits per heavy atom. The van der Waals surface area contributed by atoms with Crippen molar-refractivity contribution >= 4 is 23.9 Å². The van der Waals surface area contributed by atoms with E-state index in [4.69, 9.17) is 4.98 Å². The number of amides is 1. The van der Waals surface area contributed by atoms with Crippen molar-refractivity contribution in [3.8, 4) is 0 Å². The Labute approximate surface area is 202 Å². The molecule has 1 saturated heterocycles. The van der Waals surface area contributed by atoms with Crippen LogP contribution in [0, 0.1) is 11.8 Å². The molecule has 1 unspecified atom stereocenters. The maximum Gasteiger partial charge on any atom is 0.251 e. The second kappa shape index (κ2) is 7.83. The summed E-state index contributed by atoms with van der Waals surface area (Å²) in [5.41, 5.74) is 6.34. The minimum atomic E-state index is -0.144. The molecule has 2 aromatic rings. The summed E-state index contributed by atoms with van der Waals surface area (Å²) >= 11 is 0. The van der Waals surface area contributed by atoms with E-state index in [1.165, 1.54) is 40.3 Å². The molecular formula is C30H34N3O. The Hall–Kier alpha value is -2.88. The molecule has 1 aromatic heterocycles. The van der Waals surface area contributed by atoms with Gasteiger partial charge in [-0.2, -0.15) is 0 Å². The van der Waals surface area contributed by atoms with Gasteiger partial charge in [-0.25, -0.2) is 4.98 Å². The van der Waals surface area contributed by atoms with Gasteiger partial charge in [0.15, 0.2) is 0 Å². The highest BCUT2D eigenvalue weighted by Crippen LogP contribution is 2.47. The molecule has 2 heterocycles. The lowest BCUT2D eigenvalue weighted by molar-refractivity contribution is 0.0943. The number of rotatable bonds is 4. The second-order valence-corrected chi connectivity index (χ2v) is 11.5. The van der Waals surface area contributed by atoms with Gasteiger partial charge in [0, 0.05) is 37.0 Å². The number of nitrogens with zero attached hydrogens (tertiary/aromatic N) is 2. The lowest BCUT2D eigenvalue weighted by Crippen LogP contribution is -2.41. The number of aromatic nitrogens is 1. The lowest BCUT2D eigenvalue weighted by Gasteiger charge is -2.28. The SMILES string of the molecule is CC1(CNC(=O)c2ccc3c(c2)C(C)(C)CC2=C([CH]2)C3)C=c2nc(N3CCCC3)ccc2=CC1. The summed E-state index contributed by atoms with van der Waals surface area (Å²) in [6, 6.07) is 10.6. The second-order valence-electron chi connectivity index (χ2n) is 11.5. The van der Waals surface area contributed by atoms with Crippen LogP contribution in [0.4, 0.5) is 5.82 Å². The largest absolute Gasteiger partial charge is 0.357 e. The third-order valence-corrected chi connectivity index (χ3v) is 8.09. The van der Waals surface area contributed by atoms with Crippen LogP contribution in [0.3, 0.4) is 0 Å². The van der Waals surface area contributed by atoms with Crippen LogP contribution in [-0.2, 0) is 11.8 Å². The number of hydrogen-bond donors (Lipinski definition) is 1. The normalized spacial score (nSPS) is 24.3. The molecule has 175 valence electrons. The van der Waals surface area contributed by atoms with Gasteiger partial charge in [0.05, 0.1) is 5.35 Å². The number of allylic oxidation sites excluding steroid dienone is 2. The molecular weight excluding hydrogens is 418 g/mol. The van der Waals surface area contributed by atoms with Gasteiger partial charge in [-0.05, 0) is 78.1 Å². The Balaban J connectivity index is 1.19. The van der Waals surface area contributed by atoms with Gasteiger partial charge in [0.1, 0.15) is 5.82 Å². The Kier molecular flexibility index (Phi) is 4.98. The molecule has 0 saturated carbocycles. The highest BCUT2D eigenvalue weighted by molar-refractivity contribution is 5.94. The molecule has 1 amide bonds. The van der Waals surface area contributed by atoms with Crippen LogP contribution >= 0.6 is 0 Å². The molecule has 1 atom stereocenters. The summed E-state index contributed by atoms with van der Waals surface area (Å²) in [4.78, 5) is 20.5. The molecule has 1 aliphatic heterocycles. The Morgan fingerprint density at radius 1 is 1.09 bits per heavy atom. The predicted molar refractivity (Wildman–Crippen MR) is 138 cm³/mol. The number of hydrogen-bond acceptors (Lipinski definition) is 3. The fourth-order valence-electron chi connectivity index (χ4n) is 5.91. The average Bonchev–Trinajstić information content (AvgIpc) is 3.31. The van der Waals surface area contributed by atoms with Gasteiger partial charge in [-0.3, -0.25) is 4.79 Å². The third-order valence-electron chi connectivity index (χ3n) is 8.09. The summed E-state index contributed by atoms with van der Waals surface area (Å²) in [7, 11) is 0. The number of benzene rings is 1. The smallest absolute Gasteiger partial charge is 0.251 e. The van der Waals surface area contributed by atoms with Gasteiger partial charge in [0.2, 0.25) is 0 Å². The van der Waals surface area contributed by atoms with E-state index in [1.54, 1.807) is 0 Å². The van der Waals surface area contributed by atoms with Crippen molar-refractivity contribution in [2.45, 2.75) is 58.3 Å². The summed E-state index contributed by atoms with van der Waals surface area (Å²) in [6.07, 6.45) is 12.3. The highest BCUT2D eigenvalue weighted by Gasteiger charge is 2.36. The van der Waals surface area contributed by atoms with E-state index in [9.17, 15) is 4.79 Å². The standard InChI is InChI=1S/C30H34N3O/c1-29(2)17-24-15-23(24)14-21-6-7-22(16-25(21)29)28(34)31-19-30(3)11-10-20-8-9-27(32-26(20)18-30)33-12-4-5-13-33/h6-10,15-16,18H,4-5,11-14,17,19H2,1-3H3,(H,31,34). The Bertz CT molecular complexity index is 1330. The monoisotopic (exact) mass is 452 g/mol. The maximum atomic E-state index is 13.2. The first-order chi connectivity index (χ1) is 16.3. The topological polar surface area (TPSA) is 45.2 Å². The fourth-order valence-corrected chi connectivity index (χ4v) is 5.91. The van der Waals surface area contributed by atoms with E-state index < -0.39 is 0 Å². The van der Waals surface area contributed by atoms with Crippen LogP contribution in [0.5, 0.6) is 0 Å². The van der Waals surface area contributed by atoms with Crippen LogP contribution in [0.2, 0.25) is 0 Å². The van der Waals surface area contributed by atoms with Gasteiger partial charge in [-0.1, -0.05) is 50.1 Å². The molecule has 1 fully saturated rings. The minimum Gasteiger partial charge on any atom is -0.357 e. The van der Waals surface area contributed by atoms with Crippen LogP contribution in [0.1, 0.15) is 67.9 Å². The van der Waals surface area contributed by atoms with Crippen LogP contribution in [0.15, 0.2) is 41.5 Å². The molecule has 6 rings (SSSR count). The summed E-state index contributed by atoms with van der Waals surface area (Å²) < 4.78 is 0. The molecule has 4 nitrogen and oxygen atoms in total.